The van der Waals surface area contributed by atoms with Crippen molar-refractivity contribution in [1.82, 2.24) is 4.90 Å². The Morgan fingerprint density at radius 1 is 1.57 bits per heavy atom. The van der Waals surface area contributed by atoms with Crippen molar-refractivity contribution in [2.24, 2.45) is 5.92 Å². The molecule has 0 radical (unpaired) electrons. The lowest BCUT2D eigenvalue weighted by atomic mass is 9.99. The number of carbonyl (C=O) groups is 1. The van der Waals surface area contributed by atoms with Crippen LogP contribution in [0, 0.1) is 5.92 Å². The molecule has 1 saturated heterocycles. The van der Waals surface area contributed by atoms with Crippen LogP contribution in [0.4, 0.5) is 0 Å². The molecule has 82 valence electrons. The van der Waals surface area contributed by atoms with Crippen molar-refractivity contribution in [2.75, 3.05) is 26.8 Å². The second-order valence-electron chi connectivity index (χ2n) is 3.89. The average Bonchev–Trinajstić information content (AvgIpc) is 2.17. The number of rotatable bonds is 3. The SMILES string of the molecule is CC(Br)CN(C)C(=O)C1CCOCC1. The predicted molar refractivity (Wildman–Crippen MR) is 59.6 cm³/mol. The maximum atomic E-state index is 11.9. The Morgan fingerprint density at radius 3 is 2.64 bits per heavy atom. The van der Waals surface area contributed by atoms with Gasteiger partial charge in [-0.25, -0.2) is 0 Å². The molecular formula is C10H18BrNO2. The molecule has 0 aliphatic carbocycles. The van der Waals surface area contributed by atoms with Crippen LogP contribution in [0.5, 0.6) is 0 Å². The number of ether oxygens (including phenoxy) is 1. The van der Waals surface area contributed by atoms with Gasteiger partial charge in [0.1, 0.15) is 0 Å². The van der Waals surface area contributed by atoms with E-state index in [0.717, 1.165) is 32.6 Å². The van der Waals surface area contributed by atoms with Crippen LogP contribution in [0.3, 0.4) is 0 Å². The van der Waals surface area contributed by atoms with Gasteiger partial charge in [-0.3, -0.25) is 4.79 Å². The van der Waals surface area contributed by atoms with Gasteiger partial charge in [0.15, 0.2) is 0 Å². The lowest BCUT2D eigenvalue weighted by Gasteiger charge is -2.27. The highest BCUT2D eigenvalue weighted by molar-refractivity contribution is 9.09. The Morgan fingerprint density at radius 2 is 2.14 bits per heavy atom. The van der Waals surface area contributed by atoms with Gasteiger partial charge in [-0.1, -0.05) is 22.9 Å². The standard InChI is InChI=1S/C10H18BrNO2/c1-8(11)7-12(2)10(13)9-3-5-14-6-4-9/h8-9H,3-7H2,1-2H3. The summed E-state index contributed by atoms with van der Waals surface area (Å²) in [5.74, 6) is 0.444. The fraction of sp³-hybridized carbons (Fsp3) is 0.900. The van der Waals surface area contributed by atoms with Crippen molar-refractivity contribution in [3.63, 3.8) is 0 Å². The van der Waals surface area contributed by atoms with Crippen LogP contribution in [0.1, 0.15) is 19.8 Å². The van der Waals surface area contributed by atoms with Crippen LogP contribution in [0.15, 0.2) is 0 Å². The van der Waals surface area contributed by atoms with Crippen LogP contribution in [-0.4, -0.2) is 42.4 Å². The summed E-state index contributed by atoms with van der Waals surface area (Å²) in [6.45, 7) is 4.28. The number of hydrogen-bond acceptors (Lipinski definition) is 2. The molecule has 0 aromatic carbocycles. The zero-order valence-corrected chi connectivity index (χ0v) is 10.4. The second-order valence-corrected chi connectivity index (χ2v) is 5.45. The number of halogens is 1. The summed E-state index contributed by atoms with van der Waals surface area (Å²) in [5, 5.41) is 0. The molecule has 3 nitrogen and oxygen atoms in total. The minimum atomic E-state index is 0.181. The van der Waals surface area contributed by atoms with E-state index in [9.17, 15) is 4.79 Å². The number of hydrogen-bond donors (Lipinski definition) is 0. The van der Waals surface area contributed by atoms with E-state index in [2.05, 4.69) is 15.9 Å². The summed E-state index contributed by atoms with van der Waals surface area (Å²) in [6, 6.07) is 0. The maximum Gasteiger partial charge on any atom is 0.225 e. The molecule has 0 N–H and O–H groups in total. The van der Waals surface area contributed by atoms with Crippen molar-refractivity contribution in [1.29, 1.82) is 0 Å². The van der Waals surface area contributed by atoms with Crippen molar-refractivity contribution >= 4 is 21.8 Å². The molecule has 1 unspecified atom stereocenters. The van der Waals surface area contributed by atoms with Crippen molar-refractivity contribution in [2.45, 2.75) is 24.6 Å². The fourth-order valence-corrected chi connectivity index (χ4v) is 2.16. The molecule has 1 atom stereocenters. The zero-order valence-electron chi connectivity index (χ0n) is 8.83. The lowest BCUT2D eigenvalue weighted by Crippen LogP contribution is -2.38. The first-order chi connectivity index (χ1) is 6.61. The van der Waals surface area contributed by atoms with Gasteiger partial charge in [0.05, 0.1) is 0 Å². The van der Waals surface area contributed by atoms with Gasteiger partial charge in [-0.2, -0.15) is 0 Å². The fourth-order valence-electron chi connectivity index (χ4n) is 1.72. The quantitative estimate of drug-likeness (QED) is 0.725. The molecule has 1 aliphatic heterocycles. The minimum Gasteiger partial charge on any atom is -0.381 e. The summed E-state index contributed by atoms with van der Waals surface area (Å²) >= 11 is 3.45. The smallest absolute Gasteiger partial charge is 0.225 e. The highest BCUT2D eigenvalue weighted by atomic mass is 79.9. The van der Waals surface area contributed by atoms with Gasteiger partial charge in [0.25, 0.3) is 0 Å². The van der Waals surface area contributed by atoms with Crippen molar-refractivity contribution < 1.29 is 9.53 Å². The van der Waals surface area contributed by atoms with Crippen LogP contribution in [0.2, 0.25) is 0 Å². The normalized spacial score (nSPS) is 20.5. The molecule has 0 spiro atoms. The van der Waals surface area contributed by atoms with Gasteiger partial charge >= 0.3 is 0 Å². The Bertz CT molecular complexity index is 191. The topological polar surface area (TPSA) is 29.5 Å². The molecule has 1 amide bonds. The van der Waals surface area contributed by atoms with E-state index >= 15 is 0 Å². The van der Waals surface area contributed by atoms with E-state index in [1.54, 1.807) is 0 Å². The van der Waals surface area contributed by atoms with E-state index in [1.165, 1.54) is 0 Å². The molecular weight excluding hydrogens is 246 g/mol. The van der Waals surface area contributed by atoms with Gasteiger partial charge < -0.3 is 9.64 Å². The molecule has 4 heteroatoms. The van der Waals surface area contributed by atoms with E-state index in [-0.39, 0.29) is 11.8 Å². The molecule has 0 aromatic rings. The number of amides is 1. The van der Waals surface area contributed by atoms with E-state index in [4.69, 9.17) is 4.74 Å². The third kappa shape index (κ3) is 3.58. The van der Waals surface area contributed by atoms with E-state index < -0.39 is 0 Å². The Kier molecular flexibility index (Phi) is 4.89. The third-order valence-electron chi connectivity index (χ3n) is 2.47. The van der Waals surface area contributed by atoms with Crippen LogP contribution < -0.4 is 0 Å². The Balaban J connectivity index is 2.38. The summed E-state index contributed by atoms with van der Waals surface area (Å²) in [4.78, 5) is 14.1. The summed E-state index contributed by atoms with van der Waals surface area (Å²) in [6.07, 6.45) is 1.75. The molecule has 0 saturated carbocycles. The van der Waals surface area contributed by atoms with E-state index in [1.807, 2.05) is 18.9 Å². The summed E-state index contributed by atoms with van der Waals surface area (Å²) in [7, 11) is 1.87. The minimum absolute atomic E-state index is 0.181. The van der Waals surface area contributed by atoms with Gasteiger partial charge in [0, 0.05) is 37.6 Å². The third-order valence-corrected chi connectivity index (χ3v) is 2.76. The second kappa shape index (κ2) is 5.71. The predicted octanol–water partition coefficient (Wildman–Crippen LogP) is 1.65. The molecule has 0 bridgehead atoms. The molecule has 1 fully saturated rings. The van der Waals surface area contributed by atoms with Gasteiger partial charge in [-0.05, 0) is 12.8 Å². The van der Waals surface area contributed by atoms with Crippen molar-refractivity contribution in [3.8, 4) is 0 Å². The number of nitrogens with zero attached hydrogens (tertiary/aromatic N) is 1. The molecule has 1 rings (SSSR count). The first kappa shape index (κ1) is 12.0. The number of alkyl halides is 1. The molecule has 14 heavy (non-hydrogen) atoms. The zero-order chi connectivity index (χ0) is 10.6. The lowest BCUT2D eigenvalue weighted by molar-refractivity contribution is -0.137. The Labute approximate surface area is 93.9 Å². The number of carbonyl (C=O) groups excluding carboxylic acids is 1. The monoisotopic (exact) mass is 263 g/mol. The maximum absolute atomic E-state index is 11.9. The molecule has 1 heterocycles. The average molecular weight is 264 g/mol. The van der Waals surface area contributed by atoms with Gasteiger partial charge in [-0.15, -0.1) is 0 Å². The first-order valence-electron chi connectivity index (χ1n) is 5.08. The van der Waals surface area contributed by atoms with Crippen LogP contribution >= 0.6 is 15.9 Å². The first-order valence-corrected chi connectivity index (χ1v) is 5.99. The molecule has 0 aromatic heterocycles. The van der Waals surface area contributed by atoms with Crippen molar-refractivity contribution in [3.05, 3.63) is 0 Å². The van der Waals surface area contributed by atoms with Crippen LogP contribution in [-0.2, 0) is 9.53 Å². The largest absolute Gasteiger partial charge is 0.381 e. The Hall–Kier alpha value is -0.0900. The summed E-state index contributed by atoms with van der Waals surface area (Å²) < 4.78 is 5.23. The highest BCUT2D eigenvalue weighted by Gasteiger charge is 2.24. The van der Waals surface area contributed by atoms with Gasteiger partial charge in [0.2, 0.25) is 5.91 Å². The summed E-state index contributed by atoms with van der Waals surface area (Å²) in [5.41, 5.74) is 0. The van der Waals surface area contributed by atoms with E-state index in [0.29, 0.717) is 4.83 Å². The van der Waals surface area contributed by atoms with Crippen LogP contribution in [0.25, 0.3) is 0 Å². The highest BCUT2D eigenvalue weighted by Crippen LogP contribution is 2.17. The molecule has 1 aliphatic rings.